The first kappa shape index (κ1) is 12.4. The predicted molar refractivity (Wildman–Crippen MR) is 61.1 cm³/mol. The Bertz CT molecular complexity index is 324. The number of hydrogen-bond donors (Lipinski definition) is 1. The van der Waals surface area contributed by atoms with Crippen LogP contribution in [0.5, 0.6) is 0 Å². The van der Waals surface area contributed by atoms with Crippen LogP contribution in [0.3, 0.4) is 0 Å². The van der Waals surface area contributed by atoms with Crippen LogP contribution in [0.4, 0.5) is 0 Å². The summed E-state index contributed by atoms with van der Waals surface area (Å²) in [6.45, 7) is 0. The van der Waals surface area contributed by atoms with Gasteiger partial charge in [0.05, 0.1) is 0 Å². The molecule has 0 aliphatic heterocycles. The molecule has 15 heavy (non-hydrogen) atoms. The smallest absolute Gasteiger partial charge is 0.324 e. The fourth-order valence-electron chi connectivity index (χ4n) is 1.38. The summed E-state index contributed by atoms with van der Waals surface area (Å²) in [6.07, 6.45) is 2.83. The molecule has 1 N–H and O–H groups in total. The Morgan fingerprint density at radius 1 is 1.27 bits per heavy atom. The zero-order valence-corrected chi connectivity index (χ0v) is 9.82. The van der Waals surface area contributed by atoms with Crippen molar-refractivity contribution in [2.75, 3.05) is 13.3 Å². The van der Waals surface area contributed by atoms with Crippen LogP contribution in [0.2, 0.25) is 0 Å². The van der Waals surface area contributed by atoms with Crippen molar-refractivity contribution in [1.82, 2.24) is 0 Å². The van der Waals surface area contributed by atoms with E-state index < -0.39 is 7.60 Å². The first-order valence-electron chi connectivity index (χ1n) is 5.05. The van der Waals surface area contributed by atoms with Gasteiger partial charge in [0.25, 0.3) is 0 Å². The van der Waals surface area contributed by atoms with Crippen LogP contribution < -0.4 is 0 Å². The van der Waals surface area contributed by atoms with Crippen molar-refractivity contribution < 1.29 is 14.0 Å². The van der Waals surface area contributed by atoms with Gasteiger partial charge in [-0.3, -0.25) is 4.57 Å². The second kappa shape index (κ2) is 6.06. The van der Waals surface area contributed by atoms with Crippen molar-refractivity contribution in [2.24, 2.45) is 0 Å². The van der Waals surface area contributed by atoms with Gasteiger partial charge in [-0.25, -0.2) is 0 Å². The van der Waals surface area contributed by atoms with Crippen LogP contribution in [-0.2, 0) is 15.5 Å². The van der Waals surface area contributed by atoms with Gasteiger partial charge >= 0.3 is 7.60 Å². The third-order valence-corrected chi connectivity index (χ3v) is 3.74. The lowest BCUT2D eigenvalue weighted by Crippen LogP contribution is -1.93. The van der Waals surface area contributed by atoms with Gasteiger partial charge in [-0.2, -0.15) is 0 Å². The van der Waals surface area contributed by atoms with Crippen molar-refractivity contribution >= 4 is 7.60 Å². The van der Waals surface area contributed by atoms with E-state index in [1.807, 2.05) is 18.2 Å². The summed E-state index contributed by atoms with van der Waals surface area (Å²) in [4.78, 5) is 9.15. The first-order chi connectivity index (χ1) is 7.14. The molecular weight excluding hydrogens is 211 g/mol. The highest BCUT2D eigenvalue weighted by Gasteiger charge is 2.15. The van der Waals surface area contributed by atoms with Crippen LogP contribution in [-0.4, -0.2) is 18.2 Å². The van der Waals surface area contributed by atoms with E-state index in [4.69, 9.17) is 4.89 Å². The zero-order chi connectivity index (χ0) is 11.1. The lowest BCUT2D eigenvalue weighted by atomic mass is 10.1. The highest BCUT2D eigenvalue weighted by Crippen LogP contribution is 2.41. The minimum absolute atomic E-state index is 0.246. The molecule has 0 spiro atoms. The minimum Gasteiger partial charge on any atom is -0.324 e. The van der Waals surface area contributed by atoms with Gasteiger partial charge in [-0.15, -0.1) is 0 Å². The number of rotatable bonds is 6. The molecule has 4 heteroatoms. The lowest BCUT2D eigenvalue weighted by Gasteiger charge is -2.07. The molecular formula is C11H17O3P. The Balaban J connectivity index is 2.21. The van der Waals surface area contributed by atoms with Crippen LogP contribution in [0.25, 0.3) is 0 Å². The predicted octanol–water partition coefficient (Wildman–Crippen LogP) is 2.84. The molecule has 84 valence electrons. The van der Waals surface area contributed by atoms with E-state index in [-0.39, 0.29) is 6.16 Å². The van der Waals surface area contributed by atoms with Crippen LogP contribution in [0.15, 0.2) is 30.3 Å². The van der Waals surface area contributed by atoms with Gasteiger partial charge in [0.1, 0.15) is 0 Å². The molecule has 1 aromatic carbocycles. The summed E-state index contributed by atoms with van der Waals surface area (Å²) in [7, 11) is -2.02. The van der Waals surface area contributed by atoms with E-state index in [1.54, 1.807) is 0 Å². The van der Waals surface area contributed by atoms with E-state index in [0.717, 1.165) is 19.3 Å². The van der Waals surface area contributed by atoms with E-state index in [2.05, 4.69) is 16.7 Å². The third kappa shape index (κ3) is 5.12. The molecule has 1 unspecified atom stereocenters. The van der Waals surface area contributed by atoms with E-state index in [1.165, 1.54) is 12.7 Å². The molecule has 0 bridgehead atoms. The lowest BCUT2D eigenvalue weighted by molar-refractivity contribution is 0.314. The standard InChI is InChI=1S/C11H17O3P/c1-14-15(12,13)10-6-5-9-11-7-3-2-4-8-11/h2-4,7-8H,5-6,9-10H2,1H3,(H,12,13). The van der Waals surface area contributed by atoms with Crippen molar-refractivity contribution in [1.29, 1.82) is 0 Å². The number of aryl methyl sites for hydroxylation is 1. The van der Waals surface area contributed by atoms with Crippen molar-refractivity contribution in [3.05, 3.63) is 35.9 Å². The summed E-state index contributed by atoms with van der Waals surface area (Å²) in [5.74, 6) is 0. The fourth-order valence-corrected chi connectivity index (χ4v) is 2.18. The Kier molecular flexibility index (Phi) is 5.03. The summed E-state index contributed by atoms with van der Waals surface area (Å²) in [6, 6.07) is 10.1. The average molecular weight is 228 g/mol. The fraction of sp³-hybridized carbons (Fsp3) is 0.455. The SMILES string of the molecule is COP(=O)(O)CCCCc1ccccc1. The molecule has 0 amide bonds. The molecule has 0 heterocycles. The van der Waals surface area contributed by atoms with Gasteiger partial charge in [-0.05, 0) is 24.8 Å². The molecule has 1 atom stereocenters. The Morgan fingerprint density at radius 2 is 1.93 bits per heavy atom. The largest absolute Gasteiger partial charge is 0.327 e. The normalized spacial score (nSPS) is 14.8. The Labute approximate surface area is 90.6 Å². The molecule has 3 nitrogen and oxygen atoms in total. The zero-order valence-electron chi connectivity index (χ0n) is 8.93. The molecule has 0 radical (unpaired) electrons. The van der Waals surface area contributed by atoms with Gasteiger partial charge in [-0.1, -0.05) is 30.3 Å². The molecule has 0 aliphatic carbocycles. The van der Waals surface area contributed by atoms with Gasteiger partial charge < -0.3 is 9.42 Å². The molecule has 0 saturated carbocycles. The number of hydrogen-bond acceptors (Lipinski definition) is 2. The molecule has 0 aromatic heterocycles. The second-order valence-corrected chi connectivity index (χ2v) is 5.57. The van der Waals surface area contributed by atoms with Crippen LogP contribution >= 0.6 is 7.60 Å². The quantitative estimate of drug-likeness (QED) is 0.601. The Morgan fingerprint density at radius 3 is 2.53 bits per heavy atom. The summed E-state index contributed by atoms with van der Waals surface area (Å²) in [5.41, 5.74) is 1.27. The maximum Gasteiger partial charge on any atom is 0.327 e. The summed E-state index contributed by atoms with van der Waals surface area (Å²) >= 11 is 0. The summed E-state index contributed by atoms with van der Waals surface area (Å²) in [5, 5.41) is 0. The van der Waals surface area contributed by atoms with Crippen molar-refractivity contribution in [3.63, 3.8) is 0 Å². The van der Waals surface area contributed by atoms with Crippen molar-refractivity contribution in [2.45, 2.75) is 19.3 Å². The van der Waals surface area contributed by atoms with E-state index in [9.17, 15) is 4.57 Å². The highest BCUT2D eigenvalue weighted by atomic mass is 31.2. The monoisotopic (exact) mass is 228 g/mol. The topological polar surface area (TPSA) is 46.5 Å². The van der Waals surface area contributed by atoms with Crippen molar-refractivity contribution in [3.8, 4) is 0 Å². The van der Waals surface area contributed by atoms with E-state index >= 15 is 0 Å². The third-order valence-electron chi connectivity index (χ3n) is 2.28. The minimum atomic E-state index is -3.29. The number of benzene rings is 1. The van der Waals surface area contributed by atoms with Crippen LogP contribution in [0, 0.1) is 0 Å². The molecule has 1 aromatic rings. The highest BCUT2D eigenvalue weighted by molar-refractivity contribution is 7.52. The van der Waals surface area contributed by atoms with Gasteiger partial charge in [0, 0.05) is 13.3 Å². The van der Waals surface area contributed by atoms with E-state index in [0.29, 0.717) is 0 Å². The molecule has 0 aliphatic rings. The van der Waals surface area contributed by atoms with Crippen LogP contribution in [0.1, 0.15) is 18.4 Å². The van der Waals surface area contributed by atoms with Gasteiger partial charge in [0.2, 0.25) is 0 Å². The maximum atomic E-state index is 11.1. The Hall–Kier alpha value is -0.630. The second-order valence-electron chi connectivity index (χ2n) is 3.49. The summed E-state index contributed by atoms with van der Waals surface area (Å²) < 4.78 is 15.6. The average Bonchev–Trinajstić information content (AvgIpc) is 2.26. The molecule has 1 rings (SSSR count). The van der Waals surface area contributed by atoms with Gasteiger partial charge in [0.15, 0.2) is 0 Å². The first-order valence-corrected chi connectivity index (χ1v) is 6.82. The molecule has 0 saturated heterocycles. The number of unbranched alkanes of at least 4 members (excludes halogenated alkanes) is 1. The molecule has 0 fully saturated rings. The maximum absolute atomic E-state index is 11.1.